The van der Waals surface area contributed by atoms with Crippen molar-refractivity contribution in [2.45, 2.75) is 68.9 Å². The van der Waals surface area contributed by atoms with Crippen LogP contribution in [0.3, 0.4) is 0 Å². The van der Waals surface area contributed by atoms with E-state index < -0.39 is 0 Å². The van der Waals surface area contributed by atoms with Crippen LogP contribution in [0.5, 0.6) is 5.88 Å². The highest BCUT2D eigenvalue weighted by atomic mass is 127. The summed E-state index contributed by atoms with van der Waals surface area (Å²) < 4.78 is 5.92. The van der Waals surface area contributed by atoms with Crippen LogP contribution in [0.2, 0.25) is 0 Å². The first-order valence-corrected chi connectivity index (χ1v) is 10.7. The molecule has 0 saturated heterocycles. The third-order valence-electron chi connectivity index (χ3n) is 5.13. The van der Waals surface area contributed by atoms with Crippen LogP contribution in [0, 0.1) is 0 Å². The van der Waals surface area contributed by atoms with Crippen LogP contribution < -0.4 is 15.4 Å². The number of rotatable bonds is 6. The Kier molecular flexibility index (Phi) is 9.31. The van der Waals surface area contributed by atoms with E-state index in [1.165, 1.54) is 32.1 Å². The second kappa shape index (κ2) is 11.2. The van der Waals surface area contributed by atoms with Gasteiger partial charge >= 0.3 is 0 Å². The van der Waals surface area contributed by atoms with Gasteiger partial charge < -0.3 is 15.4 Å². The highest BCUT2D eigenvalue weighted by Gasteiger charge is 2.24. The van der Waals surface area contributed by atoms with Gasteiger partial charge in [0.2, 0.25) is 5.88 Å². The number of thioether (sulfide) groups is 1. The molecule has 0 amide bonds. The molecule has 2 atom stereocenters. The maximum atomic E-state index is 5.92. The number of hydrogen-bond donors (Lipinski definition) is 2. The molecule has 2 N–H and O–H groups in total. The van der Waals surface area contributed by atoms with Gasteiger partial charge in [0.05, 0.1) is 0 Å². The van der Waals surface area contributed by atoms with Crippen LogP contribution in [-0.4, -0.2) is 41.6 Å². The molecular weight excluding hydrogens is 459 g/mol. The summed E-state index contributed by atoms with van der Waals surface area (Å²) in [6, 6.07) is 4.59. The first-order valence-electron chi connectivity index (χ1n) is 9.38. The highest BCUT2D eigenvalue weighted by molar-refractivity contribution is 14.0. The maximum Gasteiger partial charge on any atom is 0.213 e. The van der Waals surface area contributed by atoms with Crippen molar-refractivity contribution < 1.29 is 4.74 Å². The van der Waals surface area contributed by atoms with Crippen LogP contribution in [0.15, 0.2) is 23.3 Å². The fourth-order valence-corrected chi connectivity index (χ4v) is 4.42. The molecule has 1 aromatic heterocycles. The number of aliphatic imine (C=N–C) groups is 1. The van der Waals surface area contributed by atoms with Crippen molar-refractivity contribution in [3.63, 3.8) is 0 Å². The number of pyridine rings is 1. The zero-order valence-corrected chi connectivity index (χ0v) is 18.9. The van der Waals surface area contributed by atoms with Crippen molar-refractivity contribution in [3.05, 3.63) is 23.9 Å². The van der Waals surface area contributed by atoms with E-state index in [0.29, 0.717) is 12.1 Å². The second-order valence-electron chi connectivity index (χ2n) is 6.97. The molecule has 0 bridgehead atoms. The minimum atomic E-state index is 0. The molecule has 26 heavy (non-hydrogen) atoms. The number of nitrogens with one attached hydrogen (secondary N) is 2. The fourth-order valence-electron chi connectivity index (χ4n) is 3.62. The van der Waals surface area contributed by atoms with Gasteiger partial charge in [0.1, 0.15) is 6.10 Å². The summed E-state index contributed by atoms with van der Waals surface area (Å²) in [7, 11) is 1.83. The van der Waals surface area contributed by atoms with E-state index in [2.05, 4.69) is 32.9 Å². The molecule has 2 saturated carbocycles. The maximum absolute atomic E-state index is 5.92. The lowest BCUT2D eigenvalue weighted by Crippen LogP contribution is -2.42. The molecule has 2 fully saturated rings. The summed E-state index contributed by atoms with van der Waals surface area (Å²) in [6.45, 7) is 0.717. The van der Waals surface area contributed by atoms with E-state index in [1.54, 1.807) is 0 Å². The molecule has 0 spiro atoms. The van der Waals surface area contributed by atoms with E-state index in [1.807, 2.05) is 31.1 Å². The number of ether oxygens (including phenoxy) is 1. The third-order valence-corrected chi connectivity index (χ3v) is 6.22. The average Bonchev–Trinajstić information content (AvgIpc) is 3.31. The van der Waals surface area contributed by atoms with Gasteiger partial charge in [0, 0.05) is 37.1 Å². The van der Waals surface area contributed by atoms with E-state index in [4.69, 9.17) is 4.74 Å². The summed E-state index contributed by atoms with van der Waals surface area (Å²) in [6.07, 6.45) is 13.1. The zero-order valence-electron chi connectivity index (χ0n) is 15.7. The Hall–Kier alpha value is -0.700. The van der Waals surface area contributed by atoms with Crippen molar-refractivity contribution in [1.82, 2.24) is 15.6 Å². The van der Waals surface area contributed by atoms with Crippen molar-refractivity contribution in [3.8, 4) is 5.88 Å². The monoisotopic (exact) mass is 490 g/mol. The number of nitrogens with zero attached hydrogens (tertiary/aromatic N) is 2. The summed E-state index contributed by atoms with van der Waals surface area (Å²) in [5.74, 6) is 1.62. The standard InChI is InChI=1S/C19H30N4OS.HI/c1-20-19(23-15-8-9-17(11-15)25-2)22-13-14-7-10-18(21-12-14)24-16-5-3-4-6-16;/h7,10,12,15-17H,3-6,8-9,11,13H2,1-2H3,(H2,20,22,23);1H. The molecule has 1 heterocycles. The Bertz CT molecular complexity index is 563. The average molecular weight is 490 g/mol. The van der Waals surface area contributed by atoms with Crippen molar-refractivity contribution in [1.29, 1.82) is 0 Å². The predicted molar refractivity (Wildman–Crippen MR) is 121 cm³/mol. The van der Waals surface area contributed by atoms with Crippen LogP contribution in [0.25, 0.3) is 0 Å². The van der Waals surface area contributed by atoms with Gasteiger partial charge in [-0.2, -0.15) is 11.8 Å². The number of hydrogen-bond acceptors (Lipinski definition) is 4. The quantitative estimate of drug-likeness (QED) is 0.359. The Labute approximate surface area is 178 Å². The molecular formula is C19H31IN4OS. The number of guanidine groups is 1. The fraction of sp³-hybridized carbons (Fsp3) is 0.684. The molecule has 1 aromatic rings. The SMILES string of the molecule is CN=C(NCc1ccc(OC2CCCC2)nc1)NC1CCC(SC)C1.I. The number of aromatic nitrogens is 1. The van der Waals surface area contributed by atoms with Crippen molar-refractivity contribution in [2.24, 2.45) is 4.99 Å². The van der Waals surface area contributed by atoms with E-state index in [0.717, 1.165) is 42.0 Å². The molecule has 7 heteroatoms. The van der Waals surface area contributed by atoms with Crippen LogP contribution in [0.4, 0.5) is 0 Å². The smallest absolute Gasteiger partial charge is 0.213 e. The highest BCUT2D eigenvalue weighted by Crippen LogP contribution is 2.28. The lowest BCUT2D eigenvalue weighted by Gasteiger charge is -2.17. The summed E-state index contributed by atoms with van der Waals surface area (Å²) in [4.78, 5) is 8.79. The molecule has 2 aliphatic carbocycles. The van der Waals surface area contributed by atoms with Gasteiger partial charge in [-0.3, -0.25) is 4.99 Å². The Balaban J connectivity index is 0.00000243. The Morgan fingerprint density at radius 1 is 1.27 bits per heavy atom. The molecule has 2 aliphatic rings. The second-order valence-corrected chi connectivity index (χ2v) is 8.10. The number of halogens is 1. The van der Waals surface area contributed by atoms with Crippen LogP contribution in [-0.2, 0) is 6.54 Å². The van der Waals surface area contributed by atoms with Crippen LogP contribution in [0.1, 0.15) is 50.5 Å². The molecule has 0 aliphatic heterocycles. The lowest BCUT2D eigenvalue weighted by atomic mass is 10.2. The van der Waals surface area contributed by atoms with Crippen molar-refractivity contribution >= 4 is 41.7 Å². The normalized spacial score (nSPS) is 23.5. The van der Waals surface area contributed by atoms with Crippen LogP contribution >= 0.6 is 35.7 Å². The summed E-state index contributed by atoms with van der Waals surface area (Å²) in [5, 5.41) is 7.71. The van der Waals surface area contributed by atoms with Gasteiger partial charge in [0.15, 0.2) is 5.96 Å². The van der Waals surface area contributed by atoms with Gasteiger partial charge in [-0.15, -0.1) is 24.0 Å². The molecule has 2 unspecified atom stereocenters. The Morgan fingerprint density at radius 2 is 2.08 bits per heavy atom. The molecule has 3 rings (SSSR count). The minimum absolute atomic E-state index is 0. The van der Waals surface area contributed by atoms with Gasteiger partial charge in [-0.1, -0.05) is 6.07 Å². The predicted octanol–water partition coefficient (Wildman–Crippen LogP) is 3.97. The molecule has 0 radical (unpaired) electrons. The van der Waals surface area contributed by atoms with E-state index in [-0.39, 0.29) is 24.0 Å². The minimum Gasteiger partial charge on any atom is -0.474 e. The van der Waals surface area contributed by atoms with Gasteiger partial charge in [0.25, 0.3) is 0 Å². The largest absolute Gasteiger partial charge is 0.474 e. The summed E-state index contributed by atoms with van der Waals surface area (Å²) >= 11 is 1.97. The topological polar surface area (TPSA) is 58.5 Å². The third kappa shape index (κ3) is 6.48. The lowest BCUT2D eigenvalue weighted by molar-refractivity contribution is 0.201. The molecule has 5 nitrogen and oxygen atoms in total. The summed E-state index contributed by atoms with van der Waals surface area (Å²) in [5.41, 5.74) is 1.13. The van der Waals surface area contributed by atoms with E-state index in [9.17, 15) is 0 Å². The first-order chi connectivity index (χ1) is 12.3. The molecule has 0 aromatic carbocycles. The first kappa shape index (κ1) is 21.6. The molecule has 146 valence electrons. The zero-order chi connectivity index (χ0) is 17.5. The van der Waals surface area contributed by atoms with Crippen molar-refractivity contribution in [2.75, 3.05) is 13.3 Å². The Morgan fingerprint density at radius 3 is 2.69 bits per heavy atom. The van der Waals surface area contributed by atoms with Gasteiger partial charge in [-0.05, 0) is 56.8 Å². The van der Waals surface area contributed by atoms with Gasteiger partial charge in [-0.25, -0.2) is 4.98 Å². The van der Waals surface area contributed by atoms with E-state index >= 15 is 0 Å².